The van der Waals surface area contributed by atoms with Gasteiger partial charge in [0.15, 0.2) is 5.78 Å². The van der Waals surface area contributed by atoms with Gasteiger partial charge in [-0.1, -0.05) is 32.4 Å². The third kappa shape index (κ3) is 3.07. The number of fused-ring (bicyclic) bond motifs is 1. The zero-order valence-electron chi connectivity index (χ0n) is 12.2. The van der Waals surface area contributed by atoms with Crippen LogP contribution in [0, 0.1) is 0 Å². The average molecular weight is 274 g/mol. The number of benzene rings is 1. The second-order valence-corrected chi connectivity index (χ2v) is 5.12. The van der Waals surface area contributed by atoms with Crippen molar-refractivity contribution in [2.45, 2.75) is 52.2 Å². The summed E-state index contributed by atoms with van der Waals surface area (Å²) in [4.78, 5) is 16.6. The molecule has 20 heavy (non-hydrogen) atoms. The Morgan fingerprint density at radius 1 is 1.30 bits per heavy atom. The first kappa shape index (κ1) is 14.7. The predicted octanol–water partition coefficient (Wildman–Crippen LogP) is 2.72. The first-order chi connectivity index (χ1) is 9.67. The van der Waals surface area contributed by atoms with Crippen LogP contribution in [-0.4, -0.2) is 26.5 Å². The number of nitrogens with zero attached hydrogens (tertiary/aromatic N) is 2. The molecule has 0 fully saturated rings. The largest absolute Gasteiger partial charge is 0.385 e. The number of aliphatic hydroxyl groups is 1. The summed E-state index contributed by atoms with van der Waals surface area (Å²) in [6.45, 7) is 4.90. The highest BCUT2D eigenvalue weighted by Gasteiger charge is 2.18. The molecular formula is C16H22N2O2. The highest BCUT2D eigenvalue weighted by atomic mass is 16.3. The Balaban J connectivity index is 2.28. The Kier molecular flexibility index (Phi) is 4.90. The Morgan fingerprint density at radius 2 is 2.05 bits per heavy atom. The van der Waals surface area contributed by atoms with Crippen LogP contribution in [0.1, 0.15) is 38.9 Å². The van der Waals surface area contributed by atoms with E-state index in [1.165, 1.54) is 0 Å². The van der Waals surface area contributed by atoms with Crippen molar-refractivity contribution < 1.29 is 9.90 Å². The number of para-hydroxylation sites is 2. The van der Waals surface area contributed by atoms with Gasteiger partial charge in [0.1, 0.15) is 11.9 Å². The average Bonchev–Trinajstić information content (AvgIpc) is 2.78. The molecule has 0 aliphatic heterocycles. The van der Waals surface area contributed by atoms with Gasteiger partial charge in [-0.15, -0.1) is 0 Å². The number of Topliss-reactive ketones (excluding diaryl/α,β-unsaturated/α-hetero) is 1. The van der Waals surface area contributed by atoms with Crippen molar-refractivity contribution in [2.75, 3.05) is 0 Å². The van der Waals surface area contributed by atoms with Crippen LogP contribution in [0.2, 0.25) is 0 Å². The molecule has 1 heterocycles. The lowest BCUT2D eigenvalue weighted by atomic mass is 10.1. The van der Waals surface area contributed by atoms with E-state index in [9.17, 15) is 9.90 Å². The standard InChI is InChI=1S/C16H22N2O2/c1-3-7-14(19)15(20)11-16-17-12-8-5-6-9-13(12)18(16)10-4-2/h5-6,8-9,14,19H,3-4,7,10-11H2,1-2H3. The van der Waals surface area contributed by atoms with E-state index in [4.69, 9.17) is 0 Å². The summed E-state index contributed by atoms with van der Waals surface area (Å²) in [5.41, 5.74) is 1.97. The van der Waals surface area contributed by atoms with Crippen molar-refractivity contribution in [2.24, 2.45) is 0 Å². The van der Waals surface area contributed by atoms with Gasteiger partial charge in [-0.2, -0.15) is 0 Å². The van der Waals surface area contributed by atoms with Crippen LogP contribution in [0.4, 0.5) is 0 Å². The normalized spacial score (nSPS) is 12.8. The molecule has 1 unspecified atom stereocenters. The van der Waals surface area contributed by atoms with Gasteiger partial charge < -0.3 is 9.67 Å². The molecule has 0 aliphatic rings. The minimum atomic E-state index is -0.866. The second kappa shape index (κ2) is 6.66. The van der Waals surface area contributed by atoms with E-state index >= 15 is 0 Å². The highest BCUT2D eigenvalue weighted by molar-refractivity contribution is 5.85. The smallest absolute Gasteiger partial charge is 0.168 e. The lowest BCUT2D eigenvalue weighted by Crippen LogP contribution is -2.23. The number of carbonyl (C=O) groups excluding carboxylic acids is 1. The Hall–Kier alpha value is -1.68. The molecule has 1 N–H and O–H groups in total. The Bertz CT molecular complexity index is 589. The number of rotatable bonds is 7. The van der Waals surface area contributed by atoms with Crippen LogP contribution in [0.25, 0.3) is 11.0 Å². The van der Waals surface area contributed by atoms with E-state index in [1.807, 2.05) is 31.2 Å². The minimum absolute atomic E-state index is 0.139. The molecule has 2 aromatic rings. The van der Waals surface area contributed by atoms with Crippen LogP contribution in [-0.2, 0) is 17.8 Å². The SMILES string of the molecule is CCCC(O)C(=O)Cc1nc2ccccc2n1CCC. The molecule has 0 radical (unpaired) electrons. The molecule has 0 saturated heterocycles. The molecule has 1 aromatic heterocycles. The second-order valence-electron chi connectivity index (χ2n) is 5.12. The van der Waals surface area contributed by atoms with Gasteiger partial charge in [-0.05, 0) is 25.0 Å². The molecular weight excluding hydrogens is 252 g/mol. The molecule has 0 saturated carbocycles. The number of aryl methyl sites for hydroxylation is 1. The Morgan fingerprint density at radius 3 is 2.75 bits per heavy atom. The van der Waals surface area contributed by atoms with E-state index in [1.54, 1.807) is 0 Å². The van der Waals surface area contributed by atoms with Crippen LogP contribution in [0.3, 0.4) is 0 Å². The van der Waals surface area contributed by atoms with Crippen molar-refractivity contribution >= 4 is 16.8 Å². The summed E-state index contributed by atoms with van der Waals surface area (Å²) in [7, 11) is 0. The van der Waals surface area contributed by atoms with Gasteiger partial charge in [0.25, 0.3) is 0 Å². The van der Waals surface area contributed by atoms with Gasteiger partial charge in [0.05, 0.1) is 17.5 Å². The summed E-state index contributed by atoms with van der Waals surface area (Å²) in [6, 6.07) is 7.91. The maximum atomic E-state index is 12.0. The topological polar surface area (TPSA) is 55.1 Å². The van der Waals surface area contributed by atoms with Gasteiger partial charge >= 0.3 is 0 Å². The maximum absolute atomic E-state index is 12.0. The number of aromatic nitrogens is 2. The molecule has 0 bridgehead atoms. The van der Waals surface area contributed by atoms with Crippen molar-refractivity contribution in [3.63, 3.8) is 0 Å². The first-order valence-corrected chi connectivity index (χ1v) is 7.32. The molecule has 1 atom stereocenters. The van der Waals surface area contributed by atoms with Gasteiger partial charge in [-0.3, -0.25) is 4.79 Å². The molecule has 4 nitrogen and oxygen atoms in total. The number of imidazole rings is 1. The van der Waals surface area contributed by atoms with Crippen LogP contribution in [0.5, 0.6) is 0 Å². The van der Waals surface area contributed by atoms with Crippen molar-refractivity contribution in [3.8, 4) is 0 Å². The summed E-state index contributed by atoms with van der Waals surface area (Å²) >= 11 is 0. The number of hydrogen-bond donors (Lipinski definition) is 1. The summed E-state index contributed by atoms with van der Waals surface area (Å²) in [5.74, 6) is 0.618. The number of carbonyl (C=O) groups is 1. The summed E-state index contributed by atoms with van der Waals surface area (Å²) in [5, 5.41) is 9.79. The van der Waals surface area contributed by atoms with Crippen LogP contribution < -0.4 is 0 Å². The van der Waals surface area contributed by atoms with E-state index in [0.717, 1.165) is 36.2 Å². The molecule has 0 spiro atoms. The van der Waals surface area contributed by atoms with Crippen molar-refractivity contribution in [1.29, 1.82) is 0 Å². The van der Waals surface area contributed by atoms with Crippen LogP contribution in [0.15, 0.2) is 24.3 Å². The molecule has 2 rings (SSSR count). The quantitative estimate of drug-likeness (QED) is 0.844. The predicted molar refractivity (Wildman–Crippen MR) is 79.6 cm³/mol. The fourth-order valence-electron chi connectivity index (χ4n) is 2.44. The van der Waals surface area contributed by atoms with Gasteiger partial charge in [0.2, 0.25) is 0 Å². The number of aliphatic hydroxyl groups excluding tert-OH is 1. The fourth-order valence-corrected chi connectivity index (χ4v) is 2.44. The molecule has 0 amide bonds. The number of hydrogen-bond acceptors (Lipinski definition) is 3. The van der Waals surface area contributed by atoms with Crippen molar-refractivity contribution in [3.05, 3.63) is 30.1 Å². The van der Waals surface area contributed by atoms with Crippen LogP contribution >= 0.6 is 0 Å². The van der Waals surface area contributed by atoms with E-state index < -0.39 is 6.10 Å². The summed E-state index contributed by atoms with van der Waals surface area (Å²) in [6.07, 6.45) is 1.65. The highest BCUT2D eigenvalue weighted by Crippen LogP contribution is 2.17. The number of ketones is 1. The monoisotopic (exact) mass is 274 g/mol. The molecule has 0 aliphatic carbocycles. The molecule has 1 aromatic carbocycles. The van der Waals surface area contributed by atoms with E-state index in [0.29, 0.717) is 6.42 Å². The third-order valence-electron chi connectivity index (χ3n) is 3.45. The molecule has 4 heteroatoms. The lowest BCUT2D eigenvalue weighted by Gasteiger charge is -2.10. The Labute approximate surface area is 119 Å². The zero-order valence-corrected chi connectivity index (χ0v) is 12.2. The van der Waals surface area contributed by atoms with Gasteiger partial charge in [0, 0.05) is 6.54 Å². The zero-order chi connectivity index (χ0) is 14.5. The molecule has 108 valence electrons. The van der Waals surface area contributed by atoms with Gasteiger partial charge in [-0.25, -0.2) is 4.98 Å². The summed E-state index contributed by atoms with van der Waals surface area (Å²) < 4.78 is 2.09. The first-order valence-electron chi connectivity index (χ1n) is 7.32. The fraction of sp³-hybridized carbons (Fsp3) is 0.500. The van der Waals surface area contributed by atoms with E-state index in [-0.39, 0.29) is 12.2 Å². The minimum Gasteiger partial charge on any atom is -0.385 e. The maximum Gasteiger partial charge on any atom is 0.168 e. The van der Waals surface area contributed by atoms with E-state index in [2.05, 4.69) is 16.5 Å². The third-order valence-corrected chi connectivity index (χ3v) is 3.45. The van der Waals surface area contributed by atoms with Crippen molar-refractivity contribution in [1.82, 2.24) is 9.55 Å². The lowest BCUT2D eigenvalue weighted by molar-refractivity contribution is -0.126.